The van der Waals surface area contributed by atoms with Crippen LogP contribution in [0.5, 0.6) is 5.75 Å². The molecule has 0 radical (unpaired) electrons. The van der Waals surface area contributed by atoms with E-state index in [2.05, 4.69) is 21.2 Å². The van der Waals surface area contributed by atoms with Gasteiger partial charge in [0.2, 0.25) is 0 Å². The van der Waals surface area contributed by atoms with Gasteiger partial charge in [-0.1, -0.05) is 18.2 Å². The molecule has 0 atom stereocenters. The second kappa shape index (κ2) is 9.33. The zero-order valence-electron chi connectivity index (χ0n) is 16.8. The molecule has 0 saturated carbocycles. The first-order valence-corrected chi connectivity index (χ1v) is 10.4. The number of carbonyl (C=O) groups excluding carboxylic acids is 3. The van der Waals surface area contributed by atoms with Gasteiger partial charge in [0, 0.05) is 0 Å². The Morgan fingerprint density at radius 1 is 0.909 bits per heavy atom. The van der Waals surface area contributed by atoms with Crippen LogP contribution in [0, 0.1) is 11.6 Å². The summed E-state index contributed by atoms with van der Waals surface area (Å²) in [4.78, 5) is 38.2. The smallest absolute Gasteiger partial charge is 0.335 e. The van der Waals surface area contributed by atoms with Gasteiger partial charge in [-0.05, 0) is 81.7 Å². The van der Waals surface area contributed by atoms with Crippen LogP contribution in [-0.4, -0.2) is 17.8 Å². The van der Waals surface area contributed by atoms with Gasteiger partial charge in [-0.3, -0.25) is 14.9 Å². The maximum Gasteiger partial charge on any atom is 0.335 e. The molecule has 0 bridgehead atoms. The SMILES string of the molecule is O=C1NC(=O)N(c2ccc(F)cc2)C(=O)/C1=C/c1ccc(OCc2ccc(F)cc2)c(Br)c1. The molecule has 3 aromatic rings. The lowest BCUT2D eigenvalue weighted by Crippen LogP contribution is -2.54. The Morgan fingerprint density at radius 3 is 2.18 bits per heavy atom. The number of anilines is 1. The molecular formula is C24H15BrF2N2O4. The normalized spacial score (nSPS) is 15.1. The third-order valence-corrected chi connectivity index (χ3v) is 5.38. The highest BCUT2D eigenvalue weighted by molar-refractivity contribution is 9.10. The van der Waals surface area contributed by atoms with Crippen LogP contribution in [0.15, 0.2) is 76.8 Å². The third kappa shape index (κ3) is 4.98. The van der Waals surface area contributed by atoms with Crippen molar-refractivity contribution in [2.75, 3.05) is 4.90 Å². The average molecular weight is 513 g/mol. The van der Waals surface area contributed by atoms with E-state index in [0.717, 1.165) is 22.6 Å². The molecule has 1 N–H and O–H groups in total. The van der Waals surface area contributed by atoms with Crippen LogP contribution < -0.4 is 15.0 Å². The number of halogens is 3. The number of rotatable bonds is 5. The monoisotopic (exact) mass is 512 g/mol. The fourth-order valence-electron chi connectivity index (χ4n) is 3.11. The molecule has 3 aromatic carbocycles. The number of nitrogens with zero attached hydrogens (tertiary/aromatic N) is 1. The molecule has 1 heterocycles. The zero-order chi connectivity index (χ0) is 23.5. The lowest BCUT2D eigenvalue weighted by atomic mass is 10.1. The molecule has 6 nitrogen and oxygen atoms in total. The van der Waals surface area contributed by atoms with E-state index in [9.17, 15) is 23.2 Å². The highest BCUT2D eigenvalue weighted by atomic mass is 79.9. The fourth-order valence-corrected chi connectivity index (χ4v) is 3.63. The lowest BCUT2D eigenvalue weighted by Gasteiger charge is -2.26. The molecule has 4 amide bonds. The highest BCUT2D eigenvalue weighted by Crippen LogP contribution is 2.29. The Kier molecular flexibility index (Phi) is 6.32. The number of barbiturate groups is 1. The molecule has 166 valence electrons. The Hall–Kier alpha value is -3.85. The number of carbonyl (C=O) groups is 3. The topological polar surface area (TPSA) is 75.7 Å². The van der Waals surface area contributed by atoms with E-state index in [1.807, 2.05) is 0 Å². The van der Waals surface area contributed by atoms with Crippen LogP contribution in [-0.2, 0) is 16.2 Å². The van der Waals surface area contributed by atoms with Crippen molar-refractivity contribution in [1.29, 1.82) is 0 Å². The van der Waals surface area contributed by atoms with E-state index < -0.39 is 23.7 Å². The summed E-state index contributed by atoms with van der Waals surface area (Å²) in [5.41, 5.74) is 1.15. The van der Waals surface area contributed by atoms with E-state index in [1.165, 1.54) is 30.3 Å². The standard InChI is InChI=1S/C24H15BrF2N2O4/c25-20-12-15(3-10-21(20)33-13-14-1-4-16(26)5-2-14)11-19-22(30)28-24(32)29(23(19)31)18-8-6-17(27)7-9-18/h1-12H,13H2,(H,28,30,32)/b19-11+. The molecule has 4 rings (SSSR count). The van der Waals surface area contributed by atoms with Crippen molar-refractivity contribution in [3.63, 3.8) is 0 Å². The van der Waals surface area contributed by atoms with Crippen LogP contribution in [0.1, 0.15) is 11.1 Å². The van der Waals surface area contributed by atoms with Crippen molar-refractivity contribution in [2.45, 2.75) is 6.61 Å². The summed E-state index contributed by atoms with van der Waals surface area (Å²) in [6.45, 7) is 0.217. The van der Waals surface area contributed by atoms with Gasteiger partial charge in [0.05, 0.1) is 10.2 Å². The van der Waals surface area contributed by atoms with Crippen molar-refractivity contribution in [2.24, 2.45) is 0 Å². The molecule has 1 aliphatic heterocycles. The number of hydrogen-bond acceptors (Lipinski definition) is 4. The van der Waals surface area contributed by atoms with Gasteiger partial charge >= 0.3 is 6.03 Å². The van der Waals surface area contributed by atoms with Gasteiger partial charge in [0.25, 0.3) is 11.8 Å². The first-order valence-electron chi connectivity index (χ1n) is 9.65. The third-order valence-electron chi connectivity index (χ3n) is 4.76. The van der Waals surface area contributed by atoms with Crippen molar-refractivity contribution >= 4 is 45.5 Å². The summed E-state index contributed by atoms with van der Waals surface area (Å²) in [6.07, 6.45) is 1.34. The number of nitrogens with one attached hydrogen (secondary N) is 1. The van der Waals surface area contributed by atoms with Gasteiger partial charge in [-0.25, -0.2) is 18.5 Å². The van der Waals surface area contributed by atoms with Crippen LogP contribution in [0.3, 0.4) is 0 Å². The highest BCUT2D eigenvalue weighted by Gasteiger charge is 2.36. The number of urea groups is 1. The molecule has 1 fully saturated rings. The van der Waals surface area contributed by atoms with Crippen LogP contribution in [0.2, 0.25) is 0 Å². The molecule has 0 aliphatic carbocycles. The Morgan fingerprint density at radius 2 is 1.55 bits per heavy atom. The van der Waals surface area contributed by atoms with Crippen molar-refractivity contribution in [3.05, 3.63) is 99.5 Å². The summed E-state index contributed by atoms with van der Waals surface area (Å²) in [5.74, 6) is -2.02. The summed E-state index contributed by atoms with van der Waals surface area (Å²) in [7, 11) is 0. The number of hydrogen-bond donors (Lipinski definition) is 1. The molecular weight excluding hydrogens is 498 g/mol. The van der Waals surface area contributed by atoms with E-state index in [-0.39, 0.29) is 23.7 Å². The molecule has 0 spiro atoms. The minimum absolute atomic E-state index is 0.128. The number of ether oxygens (including phenoxy) is 1. The van der Waals surface area contributed by atoms with Crippen molar-refractivity contribution < 1.29 is 27.9 Å². The second-order valence-corrected chi connectivity index (χ2v) is 7.89. The number of amides is 4. The van der Waals surface area contributed by atoms with E-state index in [1.54, 1.807) is 30.3 Å². The van der Waals surface area contributed by atoms with Crippen LogP contribution in [0.4, 0.5) is 19.3 Å². The Labute approximate surface area is 195 Å². The molecule has 0 unspecified atom stereocenters. The molecule has 33 heavy (non-hydrogen) atoms. The van der Waals surface area contributed by atoms with Gasteiger partial charge in [-0.2, -0.15) is 0 Å². The zero-order valence-corrected chi connectivity index (χ0v) is 18.4. The second-order valence-electron chi connectivity index (χ2n) is 7.04. The van der Waals surface area contributed by atoms with Gasteiger partial charge in [-0.15, -0.1) is 0 Å². The Balaban J connectivity index is 1.55. The molecule has 9 heteroatoms. The van der Waals surface area contributed by atoms with Gasteiger partial charge in [0.1, 0.15) is 29.6 Å². The quantitative estimate of drug-likeness (QED) is 0.386. The van der Waals surface area contributed by atoms with Crippen molar-refractivity contribution in [1.82, 2.24) is 5.32 Å². The van der Waals surface area contributed by atoms with E-state index in [0.29, 0.717) is 15.8 Å². The van der Waals surface area contributed by atoms with Crippen LogP contribution >= 0.6 is 15.9 Å². The minimum Gasteiger partial charge on any atom is -0.488 e. The molecule has 1 saturated heterocycles. The number of benzene rings is 3. The number of imide groups is 2. The predicted molar refractivity (Wildman–Crippen MR) is 120 cm³/mol. The minimum atomic E-state index is -0.917. The largest absolute Gasteiger partial charge is 0.488 e. The van der Waals surface area contributed by atoms with E-state index in [4.69, 9.17) is 4.74 Å². The first-order chi connectivity index (χ1) is 15.8. The van der Waals surface area contributed by atoms with Crippen molar-refractivity contribution in [3.8, 4) is 5.75 Å². The summed E-state index contributed by atoms with van der Waals surface area (Å²) >= 11 is 3.39. The summed E-state index contributed by atoms with van der Waals surface area (Å²) in [6, 6.07) is 14.7. The van der Waals surface area contributed by atoms with E-state index >= 15 is 0 Å². The maximum atomic E-state index is 13.2. The van der Waals surface area contributed by atoms with Gasteiger partial charge in [0.15, 0.2) is 0 Å². The predicted octanol–water partition coefficient (Wildman–Crippen LogP) is 4.97. The summed E-state index contributed by atoms with van der Waals surface area (Å²) in [5, 5.41) is 2.11. The van der Waals surface area contributed by atoms with Gasteiger partial charge < -0.3 is 4.74 Å². The summed E-state index contributed by atoms with van der Waals surface area (Å²) < 4.78 is 32.5. The lowest BCUT2D eigenvalue weighted by molar-refractivity contribution is -0.122. The average Bonchev–Trinajstić information content (AvgIpc) is 2.78. The molecule has 1 aliphatic rings. The Bertz CT molecular complexity index is 1270. The fraction of sp³-hybridized carbons (Fsp3) is 0.0417. The maximum absolute atomic E-state index is 13.2. The first kappa shape index (κ1) is 22.3. The van der Waals surface area contributed by atoms with Crippen LogP contribution in [0.25, 0.3) is 6.08 Å². The molecule has 0 aromatic heterocycles.